The molecule has 2 aromatic rings. The average molecular weight is 263 g/mol. The molecule has 0 fully saturated rings. The van der Waals surface area contributed by atoms with E-state index in [2.05, 4.69) is 15.2 Å². The van der Waals surface area contributed by atoms with Gasteiger partial charge in [0.25, 0.3) is 5.56 Å². The molecule has 2 heterocycles. The molecule has 0 atom stereocenters. The van der Waals surface area contributed by atoms with Gasteiger partial charge in [-0.15, -0.1) is 0 Å². The SMILES string of the molecule is CCOC(=O)c1[nH]c(C)c(-c2[nH][nH]c(=O)c2C)c1C. The minimum Gasteiger partial charge on any atom is -0.461 e. The number of carbonyl (C=O) groups is 1. The zero-order chi connectivity index (χ0) is 14.2. The maximum atomic E-state index is 11.8. The summed E-state index contributed by atoms with van der Waals surface area (Å²) in [6.45, 7) is 7.51. The first kappa shape index (κ1) is 13.2. The number of carbonyl (C=O) groups excluding carboxylic acids is 1. The topological polar surface area (TPSA) is 90.7 Å². The van der Waals surface area contributed by atoms with Crippen molar-refractivity contribution in [1.82, 2.24) is 15.2 Å². The quantitative estimate of drug-likeness (QED) is 0.737. The predicted molar refractivity (Wildman–Crippen MR) is 71.4 cm³/mol. The zero-order valence-electron chi connectivity index (χ0n) is 11.4. The van der Waals surface area contributed by atoms with Crippen LogP contribution in [-0.4, -0.2) is 27.8 Å². The number of aromatic nitrogens is 3. The van der Waals surface area contributed by atoms with Gasteiger partial charge in [0, 0.05) is 16.8 Å². The number of hydrogen-bond donors (Lipinski definition) is 3. The third-order valence-corrected chi connectivity index (χ3v) is 3.18. The molecule has 0 unspecified atom stereocenters. The van der Waals surface area contributed by atoms with Crippen LogP contribution in [0.1, 0.15) is 34.2 Å². The molecule has 0 aromatic carbocycles. The summed E-state index contributed by atoms with van der Waals surface area (Å²) >= 11 is 0. The minimum absolute atomic E-state index is 0.160. The van der Waals surface area contributed by atoms with E-state index in [-0.39, 0.29) is 11.5 Å². The van der Waals surface area contributed by atoms with Crippen LogP contribution in [0.25, 0.3) is 11.3 Å². The van der Waals surface area contributed by atoms with Gasteiger partial charge in [-0.1, -0.05) is 0 Å². The van der Waals surface area contributed by atoms with Gasteiger partial charge >= 0.3 is 5.97 Å². The fraction of sp³-hybridized carbons (Fsp3) is 0.385. The second-order valence-corrected chi connectivity index (χ2v) is 4.42. The fourth-order valence-corrected chi connectivity index (χ4v) is 2.20. The second-order valence-electron chi connectivity index (χ2n) is 4.42. The fourth-order valence-electron chi connectivity index (χ4n) is 2.20. The van der Waals surface area contributed by atoms with Crippen molar-refractivity contribution in [3.8, 4) is 11.3 Å². The maximum Gasteiger partial charge on any atom is 0.355 e. The molecule has 0 aliphatic carbocycles. The molecule has 2 aromatic heterocycles. The summed E-state index contributed by atoms with van der Waals surface area (Å²) in [4.78, 5) is 26.3. The molecule has 3 N–H and O–H groups in total. The molecule has 0 amide bonds. The van der Waals surface area contributed by atoms with Gasteiger partial charge in [0.1, 0.15) is 5.69 Å². The van der Waals surface area contributed by atoms with Crippen LogP contribution in [0, 0.1) is 20.8 Å². The van der Waals surface area contributed by atoms with Gasteiger partial charge in [-0.05, 0) is 33.3 Å². The standard InChI is InChI=1S/C13H17N3O3/c1-5-19-13(18)11-6(2)9(8(4)14-11)10-7(3)12(17)16-15-10/h14H,5H2,1-4H3,(H2,15,16,17). The number of esters is 1. The summed E-state index contributed by atoms with van der Waals surface area (Å²) in [7, 11) is 0. The third-order valence-electron chi connectivity index (χ3n) is 3.18. The molecule has 0 saturated carbocycles. The van der Waals surface area contributed by atoms with Crippen LogP contribution in [0.4, 0.5) is 0 Å². The molecule has 0 radical (unpaired) electrons. The minimum atomic E-state index is -0.384. The molecule has 0 saturated heterocycles. The lowest BCUT2D eigenvalue weighted by atomic mass is 10.0. The molecule has 0 bridgehead atoms. The van der Waals surface area contributed by atoms with Crippen LogP contribution >= 0.6 is 0 Å². The average Bonchev–Trinajstić information content (AvgIpc) is 2.82. The molecule has 6 heteroatoms. The van der Waals surface area contributed by atoms with E-state index < -0.39 is 0 Å². The number of ether oxygens (including phenoxy) is 1. The van der Waals surface area contributed by atoms with E-state index >= 15 is 0 Å². The number of aromatic amines is 3. The Labute approximate surface area is 110 Å². The van der Waals surface area contributed by atoms with Gasteiger partial charge in [-0.2, -0.15) is 0 Å². The predicted octanol–water partition coefficient (Wildman–Crippen LogP) is 1.80. The zero-order valence-corrected chi connectivity index (χ0v) is 11.4. The Kier molecular flexibility index (Phi) is 3.33. The van der Waals surface area contributed by atoms with Gasteiger partial charge in [0.2, 0.25) is 0 Å². The van der Waals surface area contributed by atoms with Crippen molar-refractivity contribution in [2.24, 2.45) is 0 Å². The number of aryl methyl sites for hydroxylation is 1. The molecular weight excluding hydrogens is 246 g/mol. The molecular formula is C13H17N3O3. The summed E-state index contributed by atoms with van der Waals surface area (Å²) < 4.78 is 5.00. The second kappa shape index (κ2) is 4.79. The van der Waals surface area contributed by atoms with Gasteiger partial charge in [-0.3, -0.25) is 15.0 Å². The summed E-state index contributed by atoms with van der Waals surface area (Å²) in [5, 5.41) is 5.39. The maximum absolute atomic E-state index is 11.8. The summed E-state index contributed by atoms with van der Waals surface area (Å²) in [6, 6.07) is 0. The Morgan fingerprint density at radius 1 is 1.16 bits per heavy atom. The molecule has 2 rings (SSSR count). The van der Waals surface area contributed by atoms with Gasteiger partial charge in [0.15, 0.2) is 0 Å². The first-order chi connectivity index (χ1) is 8.97. The molecule has 0 spiro atoms. The number of rotatable bonds is 3. The van der Waals surface area contributed by atoms with Crippen LogP contribution in [-0.2, 0) is 4.74 Å². The summed E-state index contributed by atoms with van der Waals surface area (Å²) in [5.74, 6) is -0.384. The van der Waals surface area contributed by atoms with E-state index in [1.165, 1.54) is 0 Å². The number of hydrogen-bond acceptors (Lipinski definition) is 3. The Morgan fingerprint density at radius 2 is 1.84 bits per heavy atom. The van der Waals surface area contributed by atoms with Crippen LogP contribution in [0.2, 0.25) is 0 Å². The highest BCUT2D eigenvalue weighted by molar-refractivity contribution is 5.92. The van der Waals surface area contributed by atoms with Gasteiger partial charge in [-0.25, -0.2) is 4.79 Å². The van der Waals surface area contributed by atoms with E-state index in [4.69, 9.17) is 4.74 Å². The molecule has 6 nitrogen and oxygen atoms in total. The van der Waals surface area contributed by atoms with E-state index in [1.54, 1.807) is 13.8 Å². The lowest BCUT2D eigenvalue weighted by Crippen LogP contribution is -2.06. The Hall–Kier alpha value is -2.24. The van der Waals surface area contributed by atoms with E-state index in [0.717, 1.165) is 16.8 Å². The highest BCUT2D eigenvalue weighted by Gasteiger charge is 2.21. The lowest BCUT2D eigenvalue weighted by Gasteiger charge is -2.02. The molecule has 0 aliphatic heterocycles. The molecule has 19 heavy (non-hydrogen) atoms. The highest BCUT2D eigenvalue weighted by atomic mass is 16.5. The van der Waals surface area contributed by atoms with Gasteiger partial charge in [0.05, 0.1) is 12.3 Å². The van der Waals surface area contributed by atoms with Crippen LogP contribution < -0.4 is 5.56 Å². The van der Waals surface area contributed by atoms with Gasteiger partial charge < -0.3 is 9.72 Å². The van der Waals surface area contributed by atoms with Crippen molar-refractivity contribution < 1.29 is 9.53 Å². The normalized spacial score (nSPS) is 10.7. The van der Waals surface area contributed by atoms with Crippen molar-refractivity contribution in [2.45, 2.75) is 27.7 Å². The van der Waals surface area contributed by atoms with E-state index in [0.29, 0.717) is 23.6 Å². The van der Waals surface area contributed by atoms with Crippen molar-refractivity contribution in [2.75, 3.05) is 6.61 Å². The molecule has 0 aliphatic rings. The van der Waals surface area contributed by atoms with E-state index in [9.17, 15) is 9.59 Å². The highest BCUT2D eigenvalue weighted by Crippen LogP contribution is 2.29. The monoisotopic (exact) mass is 263 g/mol. The van der Waals surface area contributed by atoms with Crippen molar-refractivity contribution in [3.05, 3.63) is 32.9 Å². The van der Waals surface area contributed by atoms with Crippen molar-refractivity contribution in [3.63, 3.8) is 0 Å². The van der Waals surface area contributed by atoms with Crippen LogP contribution in [0.5, 0.6) is 0 Å². The molecule has 102 valence electrons. The van der Waals surface area contributed by atoms with E-state index in [1.807, 2.05) is 13.8 Å². The Bertz CT molecular complexity index is 676. The van der Waals surface area contributed by atoms with Crippen LogP contribution in [0.3, 0.4) is 0 Å². The van der Waals surface area contributed by atoms with Crippen molar-refractivity contribution >= 4 is 5.97 Å². The smallest absolute Gasteiger partial charge is 0.355 e. The third kappa shape index (κ3) is 2.09. The summed E-state index contributed by atoms with van der Waals surface area (Å²) in [5.41, 5.74) is 3.99. The Morgan fingerprint density at radius 3 is 2.37 bits per heavy atom. The lowest BCUT2D eigenvalue weighted by molar-refractivity contribution is 0.0519. The van der Waals surface area contributed by atoms with Crippen molar-refractivity contribution in [1.29, 1.82) is 0 Å². The Balaban J connectivity index is 2.57. The first-order valence-corrected chi connectivity index (χ1v) is 6.11. The first-order valence-electron chi connectivity index (χ1n) is 6.11. The number of nitrogens with one attached hydrogen (secondary N) is 3. The van der Waals surface area contributed by atoms with Crippen LogP contribution in [0.15, 0.2) is 4.79 Å². The summed E-state index contributed by atoms with van der Waals surface area (Å²) in [6.07, 6.45) is 0. The largest absolute Gasteiger partial charge is 0.461 e. The number of H-pyrrole nitrogens is 3.